The van der Waals surface area contributed by atoms with Crippen molar-refractivity contribution in [1.82, 2.24) is 0 Å². The summed E-state index contributed by atoms with van der Waals surface area (Å²) in [6.45, 7) is 6.05. The van der Waals surface area contributed by atoms with Crippen LogP contribution in [-0.2, 0) is 11.2 Å². The molecule has 2 rings (SSSR count). The van der Waals surface area contributed by atoms with E-state index in [-0.39, 0.29) is 7.43 Å². The van der Waals surface area contributed by atoms with Crippen LogP contribution in [0.2, 0.25) is 0 Å². The maximum Gasteiger partial charge on any atom is 0.328 e. The largest absolute Gasteiger partial charge is 0.478 e. The molecule has 0 radical (unpaired) electrons. The summed E-state index contributed by atoms with van der Waals surface area (Å²) in [7, 11) is 0. The summed E-state index contributed by atoms with van der Waals surface area (Å²) in [5, 5.41) is 8.69. The quantitative estimate of drug-likeness (QED) is 0.554. The van der Waals surface area contributed by atoms with Gasteiger partial charge < -0.3 is 5.11 Å². The zero-order valence-electron chi connectivity index (χ0n) is 14.1. The molecule has 0 heterocycles. The molecule has 2 heteroatoms. The normalized spacial score (nSPS) is 16.9. The van der Waals surface area contributed by atoms with Gasteiger partial charge in [0.25, 0.3) is 0 Å². The van der Waals surface area contributed by atoms with Crippen LogP contribution < -0.4 is 0 Å². The number of aryl methyl sites for hydroxylation is 2. The first-order valence-corrected chi connectivity index (χ1v) is 8.03. The lowest BCUT2D eigenvalue weighted by molar-refractivity contribution is -0.131. The molecule has 128 valence electrons. The molecule has 0 atom stereocenters. The van der Waals surface area contributed by atoms with Crippen molar-refractivity contribution in [3.05, 3.63) is 76.4 Å². The Bertz CT molecular complexity index is 715. The van der Waals surface area contributed by atoms with Gasteiger partial charge in [0.15, 0.2) is 0 Å². The number of carbonyl (C=O) groups is 1. The van der Waals surface area contributed by atoms with E-state index in [1.165, 1.54) is 40.3 Å². The van der Waals surface area contributed by atoms with Crippen LogP contribution in [0.4, 0.5) is 0 Å². The number of fused-ring (bicyclic) bond motifs is 1. The maximum absolute atomic E-state index is 10.6. The van der Waals surface area contributed by atoms with Crippen molar-refractivity contribution in [3.63, 3.8) is 0 Å². The molecule has 0 aliphatic heterocycles. The Morgan fingerprint density at radius 1 is 1.17 bits per heavy atom. The van der Waals surface area contributed by atoms with Crippen LogP contribution in [0, 0.1) is 6.92 Å². The smallest absolute Gasteiger partial charge is 0.328 e. The number of rotatable bonds is 4. The summed E-state index contributed by atoms with van der Waals surface area (Å²) in [6, 6.07) is 6.55. The monoisotopic (exact) mass is 324 g/mol. The third kappa shape index (κ3) is 5.38. The zero-order chi connectivity index (χ0) is 16.8. The van der Waals surface area contributed by atoms with Crippen molar-refractivity contribution in [3.8, 4) is 0 Å². The predicted octanol–water partition coefficient (Wildman–Crippen LogP) is 5.88. The highest BCUT2D eigenvalue weighted by Crippen LogP contribution is 2.33. The number of aliphatic carboxylic acids is 1. The number of hydrogen-bond donors (Lipinski definition) is 1. The fraction of sp³-hybridized carbons (Fsp3) is 0.318. The molecule has 1 N–H and O–H groups in total. The minimum Gasteiger partial charge on any atom is -0.478 e. The van der Waals surface area contributed by atoms with E-state index >= 15 is 0 Å². The van der Waals surface area contributed by atoms with E-state index in [1.807, 2.05) is 18.2 Å². The van der Waals surface area contributed by atoms with Crippen LogP contribution in [0.3, 0.4) is 0 Å². The van der Waals surface area contributed by atoms with Gasteiger partial charge in [-0.3, -0.25) is 0 Å². The first-order valence-electron chi connectivity index (χ1n) is 8.03. The Morgan fingerprint density at radius 2 is 1.92 bits per heavy atom. The molecular weight excluding hydrogens is 296 g/mol. The average molecular weight is 324 g/mol. The van der Waals surface area contributed by atoms with Gasteiger partial charge in [-0.25, -0.2) is 4.79 Å². The Hall–Kier alpha value is -2.35. The molecule has 1 aromatic rings. The Labute approximate surface area is 145 Å². The first kappa shape index (κ1) is 19.7. The van der Waals surface area contributed by atoms with Gasteiger partial charge >= 0.3 is 5.97 Å². The molecule has 1 aromatic carbocycles. The van der Waals surface area contributed by atoms with Crippen molar-refractivity contribution < 1.29 is 9.90 Å². The third-order valence-electron chi connectivity index (χ3n) is 4.04. The average Bonchev–Trinajstić information content (AvgIpc) is 2.46. The molecule has 2 nitrogen and oxygen atoms in total. The molecule has 0 aromatic heterocycles. The van der Waals surface area contributed by atoms with Crippen LogP contribution in [0.1, 0.15) is 50.8 Å². The summed E-state index contributed by atoms with van der Waals surface area (Å²) < 4.78 is 0. The third-order valence-corrected chi connectivity index (χ3v) is 4.04. The van der Waals surface area contributed by atoms with Crippen molar-refractivity contribution in [2.45, 2.75) is 47.5 Å². The number of allylic oxidation sites excluding steroid dienone is 7. The van der Waals surface area contributed by atoms with Gasteiger partial charge in [0.2, 0.25) is 0 Å². The van der Waals surface area contributed by atoms with Gasteiger partial charge in [-0.15, -0.1) is 0 Å². The van der Waals surface area contributed by atoms with E-state index in [9.17, 15) is 4.79 Å². The Kier molecular flexibility index (Phi) is 7.44. The van der Waals surface area contributed by atoms with Crippen LogP contribution in [0.15, 0.2) is 59.7 Å². The van der Waals surface area contributed by atoms with E-state index in [4.69, 9.17) is 5.11 Å². The highest BCUT2D eigenvalue weighted by atomic mass is 16.4. The lowest BCUT2D eigenvalue weighted by atomic mass is 9.84. The SMILES string of the molecule is C.CC(=C/C=C/C(C)=C/C(=O)O)/C=C1\CCCc2cccc(C)c21. The molecule has 24 heavy (non-hydrogen) atoms. The number of benzene rings is 1. The van der Waals surface area contributed by atoms with Gasteiger partial charge in [-0.2, -0.15) is 0 Å². The van der Waals surface area contributed by atoms with Gasteiger partial charge in [-0.1, -0.05) is 55.5 Å². The summed E-state index contributed by atoms with van der Waals surface area (Å²) in [4.78, 5) is 10.6. The van der Waals surface area contributed by atoms with E-state index in [2.05, 4.69) is 38.1 Å². The lowest BCUT2D eigenvalue weighted by Gasteiger charge is -2.21. The molecule has 1 aliphatic carbocycles. The molecule has 0 amide bonds. The van der Waals surface area contributed by atoms with Crippen molar-refractivity contribution >= 4 is 11.5 Å². The summed E-state index contributed by atoms with van der Waals surface area (Å²) in [5.74, 6) is -0.913. The minimum atomic E-state index is -0.913. The fourth-order valence-electron chi connectivity index (χ4n) is 3.05. The summed E-state index contributed by atoms with van der Waals surface area (Å²) in [5.41, 5.74) is 7.52. The van der Waals surface area contributed by atoms with E-state index in [1.54, 1.807) is 6.92 Å². The van der Waals surface area contributed by atoms with E-state index < -0.39 is 5.97 Å². The molecule has 0 saturated heterocycles. The van der Waals surface area contributed by atoms with Gasteiger partial charge in [0.05, 0.1) is 0 Å². The number of carboxylic acids is 1. The van der Waals surface area contributed by atoms with Crippen LogP contribution in [0.25, 0.3) is 5.57 Å². The molecule has 0 fully saturated rings. The van der Waals surface area contributed by atoms with Crippen LogP contribution in [-0.4, -0.2) is 11.1 Å². The molecule has 1 aliphatic rings. The Balaban J connectivity index is 0.00000288. The number of hydrogen-bond acceptors (Lipinski definition) is 1. The van der Waals surface area contributed by atoms with Gasteiger partial charge in [0.1, 0.15) is 0 Å². The molecule has 0 spiro atoms. The minimum absolute atomic E-state index is 0. The second-order valence-corrected chi connectivity index (χ2v) is 6.13. The maximum atomic E-state index is 10.6. The molecular formula is C22H28O2. The van der Waals surface area contributed by atoms with Crippen LogP contribution in [0.5, 0.6) is 0 Å². The first-order chi connectivity index (χ1) is 11.0. The standard InChI is InChI=1S/C21H24O2.CH4/c1-15(7-4-8-16(2)14-20(22)23)13-19-12-6-11-18-10-5-9-17(3)21(18)19;/h4-5,7-10,13-14H,6,11-12H2,1-3H3,(H,22,23);1H4/b8-4+,15-7-,16-14+,19-13+;. The molecule has 0 bridgehead atoms. The zero-order valence-corrected chi connectivity index (χ0v) is 14.1. The highest BCUT2D eigenvalue weighted by Gasteiger charge is 2.15. The fourth-order valence-corrected chi connectivity index (χ4v) is 3.05. The molecule has 0 unspecified atom stereocenters. The van der Waals surface area contributed by atoms with Crippen LogP contribution >= 0.6 is 0 Å². The second kappa shape index (κ2) is 9.07. The summed E-state index contributed by atoms with van der Waals surface area (Å²) >= 11 is 0. The summed E-state index contributed by atoms with van der Waals surface area (Å²) in [6.07, 6.45) is 12.7. The number of carboxylic acid groups (broad SMARTS) is 1. The Morgan fingerprint density at radius 3 is 2.62 bits per heavy atom. The molecule has 0 saturated carbocycles. The predicted molar refractivity (Wildman–Crippen MR) is 103 cm³/mol. The topological polar surface area (TPSA) is 37.3 Å². The van der Waals surface area contributed by atoms with Gasteiger partial charge in [-0.05, 0) is 67.9 Å². The van der Waals surface area contributed by atoms with Gasteiger partial charge in [0, 0.05) is 6.08 Å². The van der Waals surface area contributed by atoms with E-state index in [0.29, 0.717) is 0 Å². The van der Waals surface area contributed by atoms with Crippen molar-refractivity contribution in [2.24, 2.45) is 0 Å². The van der Waals surface area contributed by atoms with E-state index in [0.717, 1.165) is 18.4 Å². The highest BCUT2D eigenvalue weighted by molar-refractivity contribution is 5.81. The lowest BCUT2D eigenvalue weighted by Crippen LogP contribution is -2.03. The second-order valence-electron chi connectivity index (χ2n) is 6.13. The van der Waals surface area contributed by atoms with Crippen molar-refractivity contribution in [2.75, 3.05) is 0 Å². The van der Waals surface area contributed by atoms with Crippen molar-refractivity contribution in [1.29, 1.82) is 0 Å².